The van der Waals surface area contributed by atoms with Crippen LogP contribution in [0.25, 0.3) is 0 Å². The predicted octanol–water partition coefficient (Wildman–Crippen LogP) is 6.33. The number of aryl methyl sites for hydroxylation is 2. The van der Waals surface area contributed by atoms with E-state index in [1.165, 1.54) is 16.7 Å². The van der Waals surface area contributed by atoms with E-state index in [2.05, 4.69) is 36.4 Å². The van der Waals surface area contributed by atoms with Gasteiger partial charge in [-0.3, -0.25) is 9.59 Å². The fourth-order valence-electron chi connectivity index (χ4n) is 3.44. The molecule has 200 valence electrons. The number of nitrogens with two attached hydrogens (primary N) is 1. The Morgan fingerprint density at radius 1 is 0.568 bits per heavy atom. The first-order chi connectivity index (χ1) is 18.1. The molecule has 0 aliphatic heterocycles. The molecule has 3 aromatic rings. The lowest BCUT2D eigenvalue weighted by Gasteiger charge is -2.01. The van der Waals surface area contributed by atoms with Crippen molar-refractivity contribution in [2.45, 2.75) is 58.8 Å². The summed E-state index contributed by atoms with van der Waals surface area (Å²) in [5, 5.41) is 0. The van der Waals surface area contributed by atoms with Crippen LogP contribution in [0.5, 0.6) is 0 Å². The number of hydrogen-bond donors (Lipinski definition) is 1. The van der Waals surface area contributed by atoms with Crippen molar-refractivity contribution in [1.82, 2.24) is 0 Å². The Morgan fingerprint density at radius 3 is 1.19 bits per heavy atom. The van der Waals surface area contributed by atoms with E-state index >= 15 is 0 Å². The van der Waals surface area contributed by atoms with E-state index in [1.807, 2.05) is 68.4 Å². The van der Waals surface area contributed by atoms with E-state index in [-0.39, 0.29) is 11.9 Å². The van der Waals surface area contributed by atoms with E-state index in [9.17, 15) is 9.59 Å². The molecule has 0 spiro atoms. The molecular weight excluding hydrogens is 462 g/mol. The standard InChI is InChI=1S/2C12H16O2.C8H11N/c2*1-2-14-12(13)10-6-9-11-7-4-3-5-8-11;9-7-6-8-4-2-1-3-5-8/h2*3-5,7-8H,2,6,9-10H2,1H3;1-5H,6-7,9H2. The highest BCUT2D eigenvalue weighted by Gasteiger charge is 2.01. The smallest absolute Gasteiger partial charge is 0.305 e. The molecule has 0 saturated carbocycles. The van der Waals surface area contributed by atoms with Gasteiger partial charge in [-0.05, 0) is 69.2 Å². The normalized spacial score (nSPS) is 9.70. The largest absolute Gasteiger partial charge is 0.466 e. The summed E-state index contributed by atoms with van der Waals surface area (Å²) in [6.45, 7) is 5.35. The fourth-order valence-corrected chi connectivity index (χ4v) is 3.44. The molecule has 37 heavy (non-hydrogen) atoms. The molecule has 0 amide bonds. The zero-order valence-electron chi connectivity index (χ0n) is 22.4. The first-order valence-electron chi connectivity index (χ1n) is 13.2. The highest BCUT2D eigenvalue weighted by Crippen LogP contribution is 2.06. The summed E-state index contributed by atoms with van der Waals surface area (Å²) in [6.07, 6.45) is 5.64. The van der Waals surface area contributed by atoms with Crippen molar-refractivity contribution in [1.29, 1.82) is 0 Å². The van der Waals surface area contributed by atoms with Crippen LogP contribution in [0.1, 0.15) is 56.2 Å². The van der Waals surface area contributed by atoms with Crippen LogP contribution in [-0.2, 0) is 38.3 Å². The molecule has 0 aromatic heterocycles. The molecular formula is C32H43NO4. The Kier molecular flexibility index (Phi) is 18.6. The minimum Gasteiger partial charge on any atom is -0.466 e. The molecule has 3 rings (SSSR count). The van der Waals surface area contributed by atoms with E-state index in [1.54, 1.807) is 0 Å². The van der Waals surface area contributed by atoms with Crippen molar-refractivity contribution < 1.29 is 19.1 Å². The Bertz CT molecular complexity index is 887. The van der Waals surface area contributed by atoms with Gasteiger partial charge in [-0.2, -0.15) is 0 Å². The number of carbonyl (C=O) groups is 2. The summed E-state index contributed by atoms with van der Waals surface area (Å²) in [4.78, 5) is 22.0. The van der Waals surface area contributed by atoms with Gasteiger partial charge in [0.25, 0.3) is 0 Å². The molecule has 0 atom stereocenters. The fraction of sp³-hybridized carbons (Fsp3) is 0.375. The van der Waals surface area contributed by atoms with Crippen LogP contribution in [0.4, 0.5) is 0 Å². The summed E-state index contributed by atoms with van der Waals surface area (Å²) >= 11 is 0. The second-order valence-corrected chi connectivity index (χ2v) is 8.31. The Balaban J connectivity index is 0.000000285. The predicted molar refractivity (Wildman–Crippen MR) is 151 cm³/mol. The van der Waals surface area contributed by atoms with Gasteiger partial charge in [-0.15, -0.1) is 0 Å². The highest BCUT2D eigenvalue weighted by molar-refractivity contribution is 5.69. The molecule has 0 aliphatic rings. The highest BCUT2D eigenvalue weighted by atomic mass is 16.5. The van der Waals surface area contributed by atoms with Crippen molar-refractivity contribution in [3.05, 3.63) is 108 Å². The topological polar surface area (TPSA) is 78.6 Å². The molecule has 3 aromatic carbocycles. The van der Waals surface area contributed by atoms with Crippen LogP contribution >= 0.6 is 0 Å². The lowest BCUT2D eigenvalue weighted by Crippen LogP contribution is -2.03. The van der Waals surface area contributed by atoms with E-state index in [0.29, 0.717) is 26.1 Å². The van der Waals surface area contributed by atoms with E-state index in [4.69, 9.17) is 15.2 Å². The molecule has 0 heterocycles. The maximum atomic E-state index is 11.0. The summed E-state index contributed by atoms with van der Waals surface area (Å²) in [5.74, 6) is -0.188. The van der Waals surface area contributed by atoms with Gasteiger partial charge in [-0.25, -0.2) is 0 Å². The van der Waals surface area contributed by atoms with E-state index in [0.717, 1.165) is 38.6 Å². The van der Waals surface area contributed by atoms with Gasteiger partial charge in [0.05, 0.1) is 13.2 Å². The molecule has 5 heteroatoms. The first-order valence-corrected chi connectivity index (χ1v) is 13.2. The molecule has 0 fully saturated rings. The zero-order valence-corrected chi connectivity index (χ0v) is 22.4. The van der Waals surface area contributed by atoms with Crippen molar-refractivity contribution in [3.8, 4) is 0 Å². The quantitative estimate of drug-likeness (QED) is 0.291. The molecule has 0 unspecified atom stereocenters. The van der Waals surface area contributed by atoms with Gasteiger partial charge < -0.3 is 15.2 Å². The summed E-state index contributed by atoms with van der Waals surface area (Å²) in [5.41, 5.74) is 9.23. The molecule has 0 aliphatic carbocycles. The summed E-state index contributed by atoms with van der Waals surface area (Å²) in [6, 6.07) is 30.6. The molecule has 5 nitrogen and oxygen atoms in total. The van der Waals surface area contributed by atoms with Gasteiger partial charge in [0.1, 0.15) is 0 Å². The number of hydrogen-bond acceptors (Lipinski definition) is 5. The van der Waals surface area contributed by atoms with Gasteiger partial charge in [0.2, 0.25) is 0 Å². The van der Waals surface area contributed by atoms with Crippen LogP contribution in [0.15, 0.2) is 91.0 Å². The first kappa shape index (κ1) is 31.6. The van der Waals surface area contributed by atoms with Crippen molar-refractivity contribution >= 4 is 11.9 Å². The molecule has 2 N–H and O–H groups in total. The minimum atomic E-state index is -0.0940. The van der Waals surface area contributed by atoms with Crippen molar-refractivity contribution in [2.24, 2.45) is 5.73 Å². The average Bonchev–Trinajstić information content (AvgIpc) is 2.92. The van der Waals surface area contributed by atoms with Crippen LogP contribution in [-0.4, -0.2) is 31.7 Å². The van der Waals surface area contributed by atoms with Crippen LogP contribution in [0.3, 0.4) is 0 Å². The number of benzene rings is 3. The minimum absolute atomic E-state index is 0.0940. The number of ether oxygens (including phenoxy) is 2. The summed E-state index contributed by atoms with van der Waals surface area (Å²) < 4.78 is 9.68. The third-order valence-electron chi connectivity index (χ3n) is 5.26. The third kappa shape index (κ3) is 17.6. The van der Waals surface area contributed by atoms with Gasteiger partial charge in [0.15, 0.2) is 0 Å². The van der Waals surface area contributed by atoms with Crippen LogP contribution in [0, 0.1) is 0 Å². The summed E-state index contributed by atoms with van der Waals surface area (Å²) in [7, 11) is 0. The van der Waals surface area contributed by atoms with Gasteiger partial charge in [0, 0.05) is 12.8 Å². The Labute approximate surface area is 223 Å². The number of rotatable bonds is 12. The third-order valence-corrected chi connectivity index (χ3v) is 5.26. The van der Waals surface area contributed by atoms with Crippen molar-refractivity contribution in [3.63, 3.8) is 0 Å². The number of carbonyl (C=O) groups excluding carboxylic acids is 2. The monoisotopic (exact) mass is 505 g/mol. The van der Waals surface area contributed by atoms with Crippen LogP contribution < -0.4 is 5.73 Å². The SMILES string of the molecule is CCOC(=O)CCCc1ccccc1.CCOC(=O)CCCc1ccccc1.NCCc1ccccc1. The molecule has 0 radical (unpaired) electrons. The maximum absolute atomic E-state index is 11.0. The van der Waals surface area contributed by atoms with E-state index < -0.39 is 0 Å². The number of esters is 2. The molecule has 0 bridgehead atoms. The van der Waals surface area contributed by atoms with Gasteiger partial charge >= 0.3 is 11.9 Å². The second kappa shape index (κ2) is 21.8. The average molecular weight is 506 g/mol. The lowest BCUT2D eigenvalue weighted by atomic mass is 10.1. The van der Waals surface area contributed by atoms with Crippen LogP contribution in [0.2, 0.25) is 0 Å². The Morgan fingerprint density at radius 2 is 0.892 bits per heavy atom. The zero-order chi connectivity index (χ0) is 27.0. The maximum Gasteiger partial charge on any atom is 0.305 e. The second-order valence-electron chi connectivity index (χ2n) is 8.31. The Hall–Kier alpha value is -3.44. The van der Waals surface area contributed by atoms with Gasteiger partial charge in [-0.1, -0.05) is 91.0 Å². The lowest BCUT2D eigenvalue weighted by molar-refractivity contribution is -0.144. The van der Waals surface area contributed by atoms with Crippen molar-refractivity contribution in [2.75, 3.05) is 19.8 Å². The molecule has 0 saturated heterocycles.